The van der Waals surface area contributed by atoms with Gasteiger partial charge in [-0.2, -0.15) is 0 Å². The molecule has 0 saturated carbocycles. The van der Waals surface area contributed by atoms with Gasteiger partial charge in [-0.25, -0.2) is 0 Å². The van der Waals surface area contributed by atoms with Crippen LogP contribution in [0.15, 0.2) is 245 Å². The van der Waals surface area contributed by atoms with E-state index >= 15 is 0 Å². The number of nitrogens with zero attached hydrogens (tertiary/aromatic N) is 1. The second kappa shape index (κ2) is 15.3. The predicted octanol–water partition coefficient (Wildman–Crippen LogP) is 17.3. The smallest absolute Gasteiger partial charge is 0.143 e. The van der Waals surface area contributed by atoms with Crippen molar-refractivity contribution < 1.29 is 8.83 Å². The van der Waals surface area contributed by atoms with Crippen molar-refractivity contribution in [1.29, 1.82) is 0 Å². The fourth-order valence-corrected chi connectivity index (χ4v) is 9.43. The monoisotopic (exact) mass is 805 g/mol. The van der Waals surface area contributed by atoms with Crippen molar-refractivity contribution in [3.05, 3.63) is 237 Å². The van der Waals surface area contributed by atoms with Crippen LogP contribution in [-0.4, -0.2) is 0 Å². The largest absolute Gasteiger partial charge is 0.456 e. The van der Waals surface area contributed by atoms with Crippen molar-refractivity contribution >= 4 is 60.9 Å². The second-order valence-electron chi connectivity index (χ2n) is 16.0. The van der Waals surface area contributed by atoms with E-state index in [1.807, 2.05) is 18.2 Å². The van der Waals surface area contributed by atoms with Crippen LogP contribution in [0.3, 0.4) is 0 Å². The molecule has 0 unspecified atom stereocenters. The molecule has 0 amide bonds. The van der Waals surface area contributed by atoms with E-state index in [0.29, 0.717) is 0 Å². The van der Waals surface area contributed by atoms with Gasteiger partial charge in [0.25, 0.3) is 0 Å². The van der Waals surface area contributed by atoms with Gasteiger partial charge >= 0.3 is 0 Å². The Bertz CT molecular complexity index is 3640. The maximum Gasteiger partial charge on any atom is 0.143 e. The molecular formula is C60H39NO2. The van der Waals surface area contributed by atoms with E-state index in [-0.39, 0.29) is 0 Å². The summed E-state index contributed by atoms with van der Waals surface area (Å²) in [7, 11) is 0. The zero-order valence-electron chi connectivity index (χ0n) is 34.3. The van der Waals surface area contributed by atoms with Gasteiger partial charge in [-0.15, -0.1) is 0 Å². The highest BCUT2D eigenvalue weighted by Gasteiger charge is 2.24. The molecule has 0 bridgehead atoms. The zero-order chi connectivity index (χ0) is 41.7. The van der Waals surface area contributed by atoms with Gasteiger partial charge < -0.3 is 13.7 Å². The Morgan fingerprint density at radius 3 is 1.62 bits per heavy atom. The maximum absolute atomic E-state index is 6.58. The average Bonchev–Trinajstić information content (AvgIpc) is 3.94. The van der Waals surface area contributed by atoms with Gasteiger partial charge in [0.1, 0.15) is 22.3 Å². The number of hydrogen-bond acceptors (Lipinski definition) is 3. The van der Waals surface area contributed by atoms with Crippen molar-refractivity contribution in [2.75, 3.05) is 4.90 Å². The van der Waals surface area contributed by atoms with E-state index in [4.69, 9.17) is 8.83 Å². The highest BCUT2D eigenvalue weighted by molar-refractivity contribution is 6.14. The van der Waals surface area contributed by atoms with Crippen LogP contribution in [0.4, 0.5) is 17.1 Å². The molecule has 0 fully saturated rings. The molecule has 0 spiro atoms. The summed E-state index contributed by atoms with van der Waals surface area (Å²) in [5.41, 5.74) is 17.9. The fraction of sp³-hybridized carbons (Fsp3) is 0. The van der Waals surface area contributed by atoms with Crippen LogP contribution >= 0.6 is 0 Å². The van der Waals surface area contributed by atoms with E-state index in [1.54, 1.807) is 0 Å². The zero-order valence-corrected chi connectivity index (χ0v) is 34.3. The van der Waals surface area contributed by atoms with E-state index in [9.17, 15) is 0 Å². The molecule has 0 N–H and O–H groups in total. The first kappa shape index (κ1) is 36.5. The number of benzene rings is 10. The topological polar surface area (TPSA) is 29.5 Å². The minimum atomic E-state index is 0.839. The third-order valence-electron chi connectivity index (χ3n) is 12.3. The Kier molecular flexibility index (Phi) is 8.83. The molecule has 296 valence electrons. The normalized spacial score (nSPS) is 11.5. The molecule has 12 rings (SSSR count). The number of fused-ring (bicyclic) bond motifs is 6. The lowest BCUT2D eigenvalue weighted by Gasteiger charge is -2.29. The number of furan rings is 2. The van der Waals surface area contributed by atoms with Crippen molar-refractivity contribution in [1.82, 2.24) is 0 Å². The molecule has 0 atom stereocenters. The van der Waals surface area contributed by atoms with Gasteiger partial charge in [0.2, 0.25) is 0 Å². The lowest BCUT2D eigenvalue weighted by molar-refractivity contribution is 0.669. The van der Waals surface area contributed by atoms with Crippen LogP contribution in [0.5, 0.6) is 0 Å². The molecule has 2 aromatic heterocycles. The molecule has 3 nitrogen and oxygen atoms in total. The molecule has 0 saturated heterocycles. The predicted molar refractivity (Wildman–Crippen MR) is 263 cm³/mol. The molecule has 10 aromatic carbocycles. The van der Waals surface area contributed by atoms with E-state index in [2.05, 4.69) is 223 Å². The Hall–Kier alpha value is -8.40. The fourth-order valence-electron chi connectivity index (χ4n) is 9.43. The lowest BCUT2D eigenvalue weighted by Crippen LogP contribution is -2.12. The molecule has 0 aliphatic carbocycles. The summed E-state index contributed by atoms with van der Waals surface area (Å²) in [6, 6.07) is 84.2. The first-order chi connectivity index (χ1) is 31.3. The summed E-state index contributed by atoms with van der Waals surface area (Å²) in [5, 5.41) is 4.35. The quantitative estimate of drug-likeness (QED) is 0.153. The SMILES string of the molecule is c1ccc(-c2ccc(-c3ccccc3-c3ccccc3N(c3cccc(-c4cccc5c4oc4ccccc45)c3)c3cccc4oc5ccccc5c34)c(-c3ccccc3)c2)cc1. The number of anilines is 3. The molecule has 0 radical (unpaired) electrons. The first-order valence-electron chi connectivity index (χ1n) is 21.4. The van der Waals surface area contributed by atoms with Crippen LogP contribution < -0.4 is 4.90 Å². The summed E-state index contributed by atoms with van der Waals surface area (Å²) in [6.07, 6.45) is 0. The van der Waals surface area contributed by atoms with E-state index in [1.165, 1.54) is 27.8 Å². The van der Waals surface area contributed by atoms with Crippen LogP contribution in [0.2, 0.25) is 0 Å². The number of hydrogen-bond donors (Lipinski definition) is 0. The summed E-state index contributed by atoms with van der Waals surface area (Å²) in [4.78, 5) is 2.41. The van der Waals surface area contributed by atoms with E-state index < -0.39 is 0 Å². The molecule has 12 aromatic rings. The molecule has 3 heteroatoms. The van der Waals surface area contributed by atoms with Gasteiger partial charge in [0, 0.05) is 33.0 Å². The first-order valence-corrected chi connectivity index (χ1v) is 21.4. The van der Waals surface area contributed by atoms with Crippen molar-refractivity contribution in [3.8, 4) is 55.6 Å². The van der Waals surface area contributed by atoms with Crippen molar-refractivity contribution in [2.45, 2.75) is 0 Å². The molecule has 2 heterocycles. The average molecular weight is 806 g/mol. The standard InChI is InChI=1S/C60H39NO2/c1-3-18-40(19-4-1)42-36-37-48(53(39-42)41-20-5-2-6-21-41)46-24-7-8-25-47(46)49-26-9-12-31-54(49)61(55-32-17-35-58-59(55)52-28-11-14-34-57(52)62-58)44-23-15-22-43(38-44)45-29-16-30-51-50-27-10-13-33-56(50)63-60(45)51/h1-39H. The van der Waals surface area contributed by atoms with Gasteiger partial charge in [-0.05, 0) is 93.0 Å². The van der Waals surface area contributed by atoms with Crippen LogP contribution in [0, 0.1) is 0 Å². The molecule has 0 aliphatic rings. The third-order valence-corrected chi connectivity index (χ3v) is 12.3. The minimum absolute atomic E-state index is 0.839. The Morgan fingerprint density at radius 1 is 0.270 bits per heavy atom. The highest BCUT2D eigenvalue weighted by atomic mass is 16.3. The second-order valence-corrected chi connectivity index (χ2v) is 16.0. The Labute approximate surface area is 365 Å². The van der Waals surface area contributed by atoms with Gasteiger partial charge in [0.05, 0.1) is 16.8 Å². The number of para-hydroxylation sites is 4. The molecular weight excluding hydrogens is 767 g/mol. The summed E-state index contributed by atoms with van der Waals surface area (Å²) in [6.45, 7) is 0. The van der Waals surface area contributed by atoms with Gasteiger partial charge in [-0.3, -0.25) is 0 Å². The Morgan fingerprint density at radius 2 is 0.810 bits per heavy atom. The van der Waals surface area contributed by atoms with Gasteiger partial charge in [0.15, 0.2) is 0 Å². The molecule has 0 aliphatic heterocycles. The van der Waals surface area contributed by atoms with Crippen LogP contribution in [-0.2, 0) is 0 Å². The third kappa shape index (κ3) is 6.29. The Balaban J connectivity index is 1.09. The molecule has 63 heavy (non-hydrogen) atoms. The van der Waals surface area contributed by atoms with Crippen LogP contribution in [0.25, 0.3) is 99.5 Å². The maximum atomic E-state index is 6.58. The van der Waals surface area contributed by atoms with Crippen molar-refractivity contribution in [3.63, 3.8) is 0 Å². The lowest BCUT2D eigenvalue weighted by atomic mass is 9.87. The summed E-state index contributed by atoms with van der Waals surface area (Å²) in [5.74, 6) is 0. The minimum Gasteiger partial charge on any atom is -0.456 e. The highest BCUT2D eigenvalue weighted by Crippen LogP contribution is 2.49. The number of rotatable bonds is 8. The summed E-state index contributed by atoms with van der Waals surface area (Å²) < 4.78 is 13.1. The van der Waals surface area contributed by atoms with Crippen molar-refractivity contribution in [2.24, 2.45) is 0 Å². The van der Waals surface area contributed by atoms with E-state index in [0.717, 1.165) is 88.8 Å². The summed E-state index contributed by atoms with van der Waals surface area (Å²) >= 11 is 0. The van der Waals surface area contributed by atoms with Crippen LogP contribution in [0.1, 0.15) is 0 Å². The van der Waals surface area contributed by atoms with Gasteiger partial charge in [-0.1, -0.05) is 188 Å².